The highest BCUT2D eigenvalue weighted by atomic mass is 32.2. The fourth-order valence-electron chi connectivity index (χ4n) is 0.432. The Morgan fingerprint density at radius 2 is 2.17 bits per heavy atom. The van der Waals surface area contributed by atoms with Crippen LogP contribution in [0.4, 0.5) is 0 Å². The van der Waals surface area contributed by atoms with E-state index in [4.69, 9.17) is 0 Å². The molecule has 3 nitrogen and oxygen atoms in total. The number of thioether (sulfide) groups is 1. The van der Waals surface area contributed by atoms with E-state index >= 15 is 0 Å². The highest BCUT2D eigenvalue weighted by Crippen LogP contribution is 2.04. The van der Waals surface area contributed by atoms with Gasteiger partial charge in [-0.2, -0.15) is 0 Å². The molecule has 4 heteroatoms. The second kappa shape index (κ2) is 5.71. The van der Waals surface area contributed by atoms with E-state index in [0.717, 1.165) is 0 Å². The summed E-state index contributed by atoms with van der Waals surface area (Å²) in [5.74, 6) is -0.132. The molecule has 0 saturated heterocycles. The second-order valence-electron chi connectivity index (χ2n) is 1.99. The lowest BCUT2D eigenvalue weighted by Gasteiger charge is -1.95. The Hall–Kier alpha value is -0.900. The summed E-state index contributed by atoms with van der Waals surface area (Å²) in [7, 11) is 0. The number of Topliss-reactive ketones (excluding diaryl/α,β-unsaturated/α-hetero) is 1. The minimum absolute atomic E-state index is 0.132. The van der Waals surface area contributed by atoms with Crippen molar-refractivity contribution in [2.45, 2.75) is 13.8 Å². The molecule has 0 N–H and O–H groups in total. The summed E-state index contributed by atoms with van der Waals surface area (Å²) in [6.45, 7) is 6.72. The summed E-state index contributed by atoms with van der Waals surface area (Å²) in [5, 5.41) is 0.553. The first-order chi connectivity index (χ1) is 5.61. The summed E-state index contributed by atoms with van der Waals surface area (Å²) in [4.78, 5) is 18.6. The highest BCUT2D eigenvalue weighted by molar-refractivity contribution is 8.13. The zero-order chi connectivity index (χ0) is 9.56. The van der Waals surface area contributed by atoms with Gasteiger partial charge in [0.15, 0.2) is 11.0 Å². The summed E-state index contributed by atoms with van der Waals surface area (Å²) >= 11 is 1.38. The summed E-state index contributed by atoms with van der Waals surface area (Å²) in [6, 6.07) is 0. The van der Waals surface area contributed by atoms with Crippen molar-refractivity contribution >= 4 is 28.9 Å². The number of allylic oxidation sites excluding steroid dienone is 1. The van der Waals surface area contributed by atoms with E-state index in [1.165, 1.54) is 18.7 Å². The van der Waals surface area contributed by atoms with Crippen molar-refractivity contribution in [2.75, 3.05) is 6.26 Å². The van der Waals surface area contributed by atoms with E-state index in [2.05, 4.69) is 16.6 Å². The summed E-state index contributed by atoms with van der Waals surface area (Å²) in [5.41, 5.74) is 0.241. The maximum atomic E-state index is 10.7. The van der Waals surface area contributed by atoms with Crippen LogP contribution in [0.5, 0.6) is 0 Å². The van der Waals surface area contributed by atoms with Gasteiger partial charge in [-0.25, -0.2) is 9.98 Å². The van der Waals surface area contributed by atoms with Gasteiger partial charge in [0.25, 0.3) is 0 Å². The van der Waals surface area contributed by atoms with Crippen LogP contribution in [0, 0.1) is 0 Å². The van der Waals surface area contributed by atoms with Crippen molar-refractivity contribution in [1.82, 2.24) is 0 Å². The summed E-state index contributed by atoms with van der Waals surface area (Å²) < 4.78 is 0. The molecule has 0 rings (SSSR count). The average molecular weight is 184 g/mol. The Labute approximate surface area is 76.7 Å². The fourth-order valence-corrected chi connectivity index (χ4v) is 0.844. The molecule has 0 heterocycles. The standard InChI is InChI=1S/C8H12N2OS/c1-5-9-8(12-4)10-6(2)7(3)11/h5H,2H2,1,3-4H3/b9-5-,10-8?. The van der Waals surface area contributed by atoms with Crippen LogP contribution in [0.25, 0.3) is 0 Å². The molecular formula is C8H12N2OS. The Morgan fingerprint density at radius 1 is 1.58 bits per heavy atom. The number of rotatable bonds is 2. The fraction of sp³-hybridized carbons (Fsp3) is 0.375. The zero-order valence-corrected chi connectivity index (χ0v) is 8.31. The minimum atomic E-state index is -0.132. The lowest BCUT2D eigenvalue weighted by atomic mass is 10.4. The zero-order valence-electron chi connectivity index (χ0n) is 7.50. The maximum absolute atomic E-state index is 10.7. The van der Waals surface area contributed by atoms with E-state index in [1.54, 1.807) is 13.1 Å². The first-order valence-electron chi connectivity index (χ1n) is 3.43. The topological polar surface area (TPSA) is 41.8 Å². The van der Waals surface area contributed by atoms with Crippen LogP contribution in [0.2, 0.25) is 0 Å². The van der Waals surface area contributed by atoms with Crippen molar-refractivity contribution in [3.8, 4) is 0 Å². The number of carbonyl (C=O) groups is 1. The number of hydrogen-bond acceptors (Lipinski definition) is 3. The quantitative estimate of drug-likeness (QED) is 0.373. The molecule has 0 radical (unpaired) electrons. The van der Waals surface area contributed by atoms with Crippen LogP contribution in [0.1, 0.15) is 13.8 Å². The number of hydrogen-bond donors (Lipinski definition) is 0. The predicted molar refractivity (Wildman–Crippen MR) is 54.9 cm³/mol. The van der Waals surface area contributed by atoms with Crippen molar-refractivity contribution in [3.05, 3.63) is 12.3 Å². The predicted octanol–water partition coefficient (Wildman–Crippen LogP) is 1.90. The van der Waals surface area contributed by atoms with E-state index in [-0.39, 0.29) is 11.5 Å². The lowest BCUT2D eigenvalue weighted by Crippen LogP contribution is -1.95. The number of carbonyl (C=O) groups excluding carboxylic acids is 1. The van der Waals surface area contributed by atoms with E-state index < -0.39 is 0 Å². The van der Waals surface area contributed by atoms with Gasteiger partial charge in [-0.1, -0.05) is 18.3 Å². The molecule has 0 fully saturated rings. The molecule has 0 amide bonds. The van der Waals surface area contributed by atoms with Crippen LogP contribution < -0.4 is 0 Å². The number of ketones is 1. The third-order valence-corrected chi connectivity index (χ3v) is 1.62. The van der Waals surface area contributed by atoms with Crippen LogP contribution >= 0.6 is 11.8 Å². The molecule has 0 aliphatic heterocycles. The molecule has 0 aliphatic carbocycles. The molecule has 0 aromatic heterocycles. The lowest BCUT2D eigenvalue weighted by molar-refractivity contribution is -0.113. The van der Waals surface area contributed by atoms with Gasteiger partial charge < -0.3 is 0 Å². The average Bonchev–Trinajstić information content (AvgIpc) is 2.03. The smallest absolute Gasteiger partial charge is 0.187 e. The van der Waals surface area contributed by atoms with E-state index in [0.29, 0.717) is 5.17 Å². The molecule has 0 spiro atoms. The second-order valence-corrected chi connectivity index (χ2v) is 2.76. The van der Waals surface area contributed by atoms with Crippen molar-refractivity contribution < 1.29 is 4.79 Å². The summed E-state index contributed by atoms with van der Waals surface area (Å²) in [6.07, 6.45) is 3.47. The van der Waals surface area contributed by atoms with Crippen LogP contribution in [-0.2, 0) is 4.79 Å². The molecule has 0 unspecified atom stereocenters. The molecule has 0 atom stereocenters. The first kappa shape index (κ1) is 11.1. The monoisotopic (exact) mass is 184 g/mol. The van der Waals surface area contributed by atoms with E-state index in [9.17, 15) is 4.79 Å². The van der Waals surface area contributed by atoms with Crippen LogP contribution in [-0.4, -0.2) is 23.4 Å². The minimum Gasteiger partial charge on any atom is -0.293 e. The van der Waals surface area contributed by atoms with Crippen molar-refractivity contribution in [1.29, 1.82) is 0 Å². The van der Waals surface area contributed by atoms with E-state index in [1.807, 2.05) is 6.26 Å². The number of amidine groups is 1. The van der Waals surface area contributed by atoms with Gasteiger partial charge in [-0.05, 0) is 13.2 Å². The molecule has 0 saturated carbocycles. The number of nitrogens with zero attached hydrogens (tertiary/aromatic N) is 2. The Morgan fingerprint density at radius 3 is 2.50 bits per heavy atom. The highest BCUT2D eigenvalue weighted by Gasteiger charge is 1.99. The van der Waals surface area contributed by atoms with Gasteiger partial charge >= 0.3 is 0 Å². The molecule has 0 aliphatic rings. The largest absolute Gasteiger partial charge is 0.293 e. The third-order valence-electron chi connectivity index (χ3n) is 1.06. The van der Waals surface area contributed by atoms with Crippen LogP contribution in [0.3, 0.4) is 0 Å². The molecule has 0 aromatic carbocycles. The van der Waals surface area contributed by atoms with Crippen molar-refractivity contribution in [3.63, 3.8) is 0 Å². The molecule has 0 aromatic rings. The molecule has 12 heavy (non-hydrogen) atoms. The third kappa shape index (κ3) is 4.08. The van der Waals surface area contributed by atoms with Crippen molar-refractivity contribution in [2.24, 2.45) is 9.98 Å². The normalized spacial score (nSPS) is 12.1. The van der Waals surface area contributed by atoms with Crippen LogP contribution in [0.15, 0.2) is 22.3 Å². The molecule has 66 valence electrons. The Kier molecular flexibility index (Phi) is 5.28. The molecule has 0 bridgehead atoms. The number of aliphatic imine (C=N–C) groups is 2. The van der Waals surface area contributed by atoms with Gasteiger partial charge in [0.2, 0.25) is 0 Å². The SMILES string of the molecule is C=C(N=C(/N=C\C)SC)C(C)=O. The Bertz CT molecular complexity index is 243. The van der Waals surface area contributed by atoms with Gasteiger partial charge in [0.05, 0.1) is 0 Å². The maximum Gasteiger partial charge on any atom is 0.187 e. The van der Waals surface area contributed by atoms with Gasteiger partial charge in [-0.3, -0.25) is 4.79 Å². The van der Waals surface area contributed by atoms with Gasteiger partial charge in [0, 0.05) is 13.1 Å². The van der Waals surface area contributed by atoms with Gasteiger partial charge in [-0.15, -0.1) is 0 Å². The first-order valence-corrected chi connectivity index (χ1v) is 4.65. The van der Waals surface area contributed by atoms with Gasteiger partial charge in [0.1, 0.15) is 5.70 Å². The molecular weight excluding hydrogens is 172 g/mol. The Balaban J connectivity index is 4.48.